The predicted molar refractivity (Wildman–Crippen MR) is 117 cm³/mol. The maximum absolute atomic E-state index is 13.4. The molecule has 0 aliphatic carbocycles. The molecular formula is C21H14N6O3S. The van der Waals surface area contributed by atoms with E-state index in [9.17, 15) is 14.9 Å². The van der Waals surface area contributed by atoms with Crippen LogP contribution in [0.4, 0.5) is 0 Å². The fraction of sp³-hybridized carbons (Fsp3) is 0.0952. The number of rotatable bonds is 3. The van der Waals surface area contributed by atoms with Crippen LogP contribution in [0.2, 0.25) is 0 Å². The lowest BCUT2D eigenvalue weighted by atomic mass is 10.1. The summed E-state index contributed by atoms with van der Waals surface area (Å²) in [4.78, 5) is 33.8. The number of methoxy groups -OCH3 is 1. The van der Waals surface area contributed by atoms with Crippen molar-refractivity contribution >= 4 is 32.5 Å². The molecule has 0 aliphatic rings. The number of benzene rings is 1. The van der Waals surface area contributed by atoms with Gasteiger partial charge in [0.05, 0.1) is 53.4 Å². The first-order chi connectivity index (χ1) is 15.0. The summed E-state index contributed by atoms with van der Waals surface area (Å²) in [5.74, 6) is 0.511. The number of pyridine rings is 1. The van der Waals surface area contributed by atoms with E-state index < -0.39 is 11.2 Å². The molecule has 1 aromatic carbocycles. The summed E-state index contributed by atoms with van der Waals surface area (Å²) in [5.41, 5.74) is 1.29. The zero-order valence-electron chi connectivity index (χ0n) is 16.4. The number of aryl methyl sites for hydroxylation is 1. The number of hydrogen-bond donors (Lipinski definition) is 1. The van der Waals surface area contributed by atoms with E-state index in [1.54, 1.807) is 48.4 Å². The van der Waals surface area contributed by atoms with Gasteiger partial charge in [-0.2, -0.15) is 10.4 Å². The van der Waals surface area contributed by atoms with Gasteiger partial charge in [-0.1, -0.05) is 6.07 Å². The highest BCUT2D eigenvalue weighted by Gasteiger charge is 2.20. The fourth-order valence-corrected chi connectivity index (χ4v) is 4.78. The highest BCUT2D eigenvalue weighted by molar-refractivity contribution is 7.22. The van der Waals surface area contributed by atoms with Crippen LogP contribution in [0.1, 0.15) is 5.56 Å². The predicted octanol–water partition coefficient (Wildman–Crippen LogP) is 2.57. The van der Waals surface area contributed by atoms with Crippen LogP contribution in [-0.4, -0.2) is 31.4 Å². The lowest BCUT2D eigenvalue weighted by Crippen LogP contribution is -2.33. The van der Waals surface area contributed by atoms with Gasteiger partial charge in [0, 0.05) is 23.5 Å². The lowest BCUT2D eigenvalue weighted by Gasteiger charge is -2.07. The first-order valence-electron chi connectivity index (χ1n) is 9.16. The topological polar surface area (TPSA) is 119 Å². The molecule has 152 valence electrons. The number of hydrogen-bond acceptors (Lipinski definition) is 7. The molecule has 4 aromatic heterocycles. The van der Waals surface area contributed by atoms with Crippen molar-refractivity contribution in [1.29, 1.82) is 5.26 Å². The molecule has 0 unspecified atom stereocenters. The molecule has 31 heavy (non-hydrogen) atoms. The summed E-state index contributed by atoms with van der Waals surface area (Å²) < 4.78 is 8.43. The van der Waals surface area contributed by atoms with Crippen LogP contribution in [0.25, 0.3) is 37.2 Å². The van der Waals surface area contributed by atoms with E-state index in [4.69, 9.17) is 4.74 Å². The second-order valence-corrected chi connectivity index (χ2v) is 7.84. The molecule has 0 aliphatic heterocycles. The first kappa shape index (κ1) is 18.8. The maximum Gasteiger partial charge on any atom is 0.333 e. The van der Waals surface area contributed by atoms with Crippen LogP contribution in [0.3, 0.4) is 0 Å². The van der Waals surface area contributed by atoms with Crippen molar-refractivity contribution in [2.75, 3.05) is 7.11 Å². The van der Waals surface area contributed by atoms with Crippen LogP contribution < -0.4 is 16.0 Å². The van der Waals surface area contributed by atoms with E-state index in [1.165, 1.54) is 24.6 Å². The molecule has 5 aromatic rings. The molecule has 5 rings (SSSR count). The van der Waals surface area contributed by atoms with Crippen LogP contribution in [0.5, 0.6) is 5.75 Å². The van der Waals surface area contributed by atoms with Gasteiger partial charge in [-0.15, -0.1) is 11.3 Å². The third kappa shape index (κ3) is 2.75. The molecule has 10 heteroatoms. The number of fused-ring (bicyclic) bond motifs is 2. The van der Waals surface area contributed by atoms with Crippen LogP contribution in [-0.2, 0) is 7.05 Å². The largest absolute Gasteiger partial charge is 0.496 e. The van der Waals surface area contributed by atoms with Crippen molar-refractivity contribution in [2.24, 2.45) is 7.05 Å². The van der Waals surface area contributed by atoms with E-state index in [-0.39, 0.29) is 0 Å². The van der Waals surface area contributed by atoms with Crippen molar-refractivity contribution in [1.82, 2.24) is 24.3 Å². The highest BCUT2D eigenvalue weighted by atomic mass is 32.1. The SMILES string of the molecule is COc1cccc(C#N)c1-c1cc2[nH]c(=O)n(-c3cncc4cnn(C)c34)c(=O)c2s1. The smallest absolute Gasteiger partial charge is 0.333 e. The monoisotopic (exact) mass is 430 g/mol. The average molecular weight is 430 g/mol. The second-order valence-electron chi connectivity index (χ2n) is 6.78. The van der Waals surface area contributed by atoms with E-state index in [1.807, 2.05) is 0 Å². The summed E-state index contributed by atoms with van der Waals surface area (Å²) >= 11 is 1.19. The van der Waals surface area contributed by atoms with Crippen LogP contribution in [0, 0.1) is 11.3 Å². The summed E-state index contributed by atoms with van der Waals surface area (Å²) in [5, 5.41) is 14.4. The summed E-state index contributed by atoms with van der Waals surface area (Å²) in [6, 6.07) is 8.99. The van der Waals surface area contributed by atoms with Crippen LogP contribution >= 0.6 is 11.3 Å². The minimum absolute atomic E-state index is 0.343. The van der Waals surface area contributed by atoms with Crippen molar-refractivity contribution < 1.29 is 4.74 Å². The molecule has 0 fully saturated rings. The molecule has 0 amide bonds. The van der Waals surface area contributed by atoms with Crippen LogP contribution in [0.15, 0.2) is 52.4 Å². The molecule has 0 bridgehead atoms. The molecule has 9 nitrogen and oxygen atoms in total. The lowest BCUT2D eigenvalue weighted by molar-refractivity contribution is 0.416. The molecule has 0 saturated carbocycles. The van der Waals surface area contributed by atoms with Gasteiger partial charge in [0.25, 0.3) is 5.56 Å². The Hall–Kier alpha value is -4.23. The van der Waals surface area contributed by atoms with Crippen molar-refractivity contribution in [2.45, 2.75) is 0 Å². The van der Waals surface area contributed by atoms with E-state index in [0.29, 0.717) is 48.6 Å². The molecule has 0 spiro atoms. The minimum Gasteiger partial charge on any atom is -0.496 e. The van der Waals surface area contributed by atoms with Gasteiger partial charge in [-0.3, -0.25) is 14.5 Å². The standard InChI is InChI=1S/C21H14N6O3S/c1-26-18-12(9-24-26)8-23-10-14(18)27-20(28)19-13(25-21(27)29)6-16(31-19)17-11(7-22)4-3-5-15(17)30-2/h3-6,8-10H,1-2H3,(H,25,29). The first-order valence-corrected chi connectivity index (χ1v) is 9.97. The zero-order chi connectivity index (χ0) is 21.7. The second kappa shape index (κ2) is 6.93. The molecule has 4 heterocycles. The van der Waals surface area contributed by atoms with Gasteiger partial charge >= 0.3 is 5.69 Å². The Kier molecular flexibility index (Phi) is 4.20. The maximum atomic E-state index is 13.4. The Morgan fingerprint density at radius 2 is 2.06 bits per heavy atom. The summed E-state index contributed by atoms with van der Waals surface area (Å²) in [7, 11) is 3.25. The Bertz CT molecular complexity index is 1650. The van der Waals surface area contributed by atoms with Gasteiger partial charge in [-0.25, -0.2) is 9.36 Å². The van der Waals surface area contributed by atoms with Gasteiger partial charge in [-0.05, 0) is 18.2 Å². The number of H-pyrrole nitrogens is 1. The fourth-order valence-electron chi connectivity index (χ4n) is 3.67. The van der Waals surface area contributed by atoms with Crippen molar-refractivity contribution in [3.05, 3.63) is 69.3 Å². The third-order valence-corrected chi connectivity index (χ3v) is 6.19. The zero-order valence-corrected chi connectivity index (χ0v) is 17.2. The van der Waals surface area contributed by atoms with E-state index in [0.717, 1.165) is 4.57 Å². The third-order valence-electron chi connectivity index (χ3n) is 5.05. The van der Waals surface area contributed by atoms with E-state index >= 15 is 0 Å². The number of ether oxygens (including phenoxy) is 1. The van der Waals surface area contributed by atoms with E-state index in [2.05, 4.69) is 21.1 Å². The van der Waals surface area contributed by atoms with Gasteiger partial charge < -0.3 is 9.72 Å². The highest BCUT2D eigenvalue weighted by Crippen LogP contribution is 2.38. The normalized spacial score (nSPS) is 11.1. The average Bonchev–Trinajstić information content (AvgIpc) is 3.37. The molecule has 0 saturated heterocycles. The van der Waals surface area contributed by atoms with Gasteiger partial charge in [0.15, 0.2) is 0 Å². The summed E-state index contributed by atoms with van der Waals surface area (Å²) in [6.45, 7) is 0. The van der Waals surface area contributed by atoms with Gasteiger partial charge in [0.1, 0.15) is 10.4 Å². The Morgan fingerprint density at radius 3 is 2.84 bits per heavy atom. The number of nitrogens with zero attached hydrogens (tertiary/aromatic N) is 5. The quantitative estimate of drug-likeness (QED) is 0.470. The summed E-state index contributed by atoms with van der Waals surface area (Å²) in [6.07, 6.45) is 4.71. The Morgan fingerprint density at radius 1 is 1.23 bits per heavy atom. The number of aromatic nitrogens is 5. The van der Waals surface area contributed by atoms with Crippen molar-refractivity contribution in [3.63, 3.8) is 0 Å². The van der Waals surface area contributed by atoms with Crippen molar-refractivity contribution in [3.8, 4) is 27.9 Å². The number of aromatic amines is 1. The Labute approximate surface area is 178 Å². The number of nitrogens with one attached hydrogen (secondary N) is 1. The Balaban J connectivity index is 1.82. The van der Waals surface area contributed by atoms with Gasteiger partial charge in [0.2, 0.25) is 0 Å². The number of nitriles is 1. The minimum atomic E-state index is -0.585. The molecule has 0 radical (unpaired) electrons. The molecule has 0 atom stereocenters. The molecule has 1 N–H and O–H groups in total. The number of thiophene rings is 1. The molecular weight excluding hydrogens is 416 g/mol.